The zero-order valence-corrected chi connectivity index (χ0v) is 20.6. The number of hydrogen-bond donors (Lipinski definition) is 3. The van der Waals surface area contributed by atoms with Crippen molar-refractivity contribution in [2.75, 3.05) is 38.0 Å². The first-order valence-corrected chi connectivity index (χ1v) is 12.2. The predicted molar refractivity (Wildman–Crippen MR) is 139 cm³/mol. The topological polar surface area (TPSA) is 110 Å². The third-order valence-corrected chi connectivity index (χ3v) is 6.31. The normalized spacial score (nSPS) is 15.1. The van der Waals surface area contributed by atoms with Gasteiger partial charge < -0.3 is 20.9 Å². The van der Waals surface area contributed by atoms with Crippen LogP contribution in [-0.2, 0) is 11.2 Å². The molecule has 2 heterocycles. The molecule has 0 bridgehead atoms. The van der Waals surface area contributed by atoms with Gasteiger partial charge in [0.15, 0.2) is 0 Å². The number of nitriles is 1. The maximum atomic E-state index is 13.6. The lowest BCUT2D eigenvalue weighted by Crippen LogP contribution is -2.57. The van der Waals surface area contributed by atoms with Crippen LogP contribution >= 0.6 is 0 Å². The molecule has 0 unspecified atom stereocenters. The SMILES string of the molecule is CC(=O)N1CCNC[C@@H]1CNC(=O)c1ccc(-c2ccccc2C#N)nc1NCCc1cccc(F)c1. The number of nitrogens with zero attached hydrogens (tertiary/aromatic N) is 3. The van der Waals surface area contributed by atoms with Gasteiger partial charge >= 0.3 is 0 Å². The van der Waals surface area contributed by atoms with Gasteiger partial charge in [0.1, 0.15) is 11.6 Å². The molecular weight excluding hydrogens is 471 g/mol. The number of carbonyl (C=O) groups excluding carboxylic acids is 2. The molecule has 1 atom stereocenters. The highest BCUT2D eigenvalue weighted by Gasteiger charge is 2.25. The highest BCUT2D eigenvalue weighted by atomic mass is 19.1. The summed E-state index contributed by atoms with van der Waals surface area (Å²) < 4.78 is 13.6. The van der Waals surface area contributed by atoms with Gasteiger partial charge in [-0.3, -0.25) is 9.59 Å². The van der Waals surface area contributed by atoms with Crippen LogP contribution in [0.4, 0.5) is 10.2 Å². The second-order valence-electron chi connectivity index (χ2n) is 8.84. The fourth-order valence-corrected chi connectivity index (χ4v) is 4.41. The molecule has 0 saturated carbocycles. The van der Waals surface area contributed by atoms with E-state index in [-0.39, 0.29) is 23.7 Å². The second kappa shape index (κ2) is 12.1. The van der Waals surface area contributed by atoms with E-state index >= 15 is 0 Å². The Morgan fingerprint density at radius 3 is 2.81 bits per heavy atom. The maximum Gasteiger partial charge on any atom is 0.255 e. The summed E-state index contributed by atoms with van der Waals surface area (Å²) in [4.78, 5) is 31.6. The highest BCUT2D eigenvalue weighted by Crippen LogP contribution is 2.25. The molecule has 3 aromatic rings. The number of amides is 2. The van der Waals surface area contributed by atoms with E-state index in [1.165, 1.54) is 19.1 Å². The van der Waals surface area contributed by atoms with Crippen molar-refractivity contribution in [3.63, 3.8) is 0 Å². The van der Waals surface area contributed by atoms with Crippen molar-refractivity contribution in [3.05, 3.63) is 83.2 Å². The van der Waals surface area contributed by atoms with Crippen molar-refractivity contribution in [1.82, 2.24) is 20.5 Å². The molecular formula is C28H29FN6O2. The number of carbonyl (C=O) groups is 2. The predicted octanol–water partition coefficient (Wildman–Crippen LogP) is 2.96. The number of hydrogen-bond acceptors (Lipinski definition) is 6. The molecule has 9 heteroatoms. The van der Waals surface area contributed by atoms with Crippen LogP contribution in [0.1, 0.15) is 28.4 Å². The first-order valence-electron chi connectivity index (χ1n) is 12.2. The number of pyridine rings is 1. The van der Waals surface area contributed by atoms with Gasteiger partial charge in [0.25, 0.3) is 5.91 Å². The molecule has 1 aliphatic rings. The monoisotopic (exact) mass is 500 g/mol. The maximum absolute atomic E-state index is 13.6. The van der Waals surface area contributed by atoms with Crippen LogP contribution in [0.5, 0.6) is 0 Å². The summed E-state index contributed by atoms with van der Waals surface area (Å²) in [5.74, 6) is -0.287. The zero-order valence-electron chi connectivity index (χ0n) is 20.6. The van der Waals surface area contributed by atoms with E-state index in [4.69, 9.17) is 0 Å². The lowest BCUT2D eigenvalue weighted by Gasteiger charge is -2.35. The van der Waals surface area contributed by atoms with E-state index in [1.807, 2.05) is 18.2 Å². The molecule has 0 spiro atoms. The van der Waals surface area contributed by atoms with E-state index < -0.39 is 0 Å². The smallest absolute Gasteiger partial charge is 0.255 e. The van der Waals surface area contributed by atoms with E-state index in [2.05, 4.69) is 27.0 Å². The van der Waals surface area contributed by atoms with Crippen molar-refractivity contribution in [1.29, 1.82) is 5.26 Å². The molecule has 3 N–H and O–H groups in total. The average molecular weight is 501 g/mol. The van der Waals surface area contributed by atoms with E-state index in [1.54, 1.807) is 35.2 Å². The van der Waals surface area contributed by atoms with Gasteiger partial charge in [0.05, 0.1) is 28.9 Å². The number of aromatic nitrogens is 1. The molecule has 1 aromatic heterocycles. The van der Waals surface area contributed by atoms with E-state index in [9.17, 15) is 19.2 Å². The lowest BCUT2D eigenvalue weighted by molar-refractivity contribution is -0.131. The van der Waals surface area contributed by atoms with Gasteiger partial charge in [-0.05, 0) is 42.3 Å². The Morgan fingerprint density at radius 1 is 1.19 bits per heavy atom. The van der Waals surface area contributed by atoms with Crippen LogP contribution in [0.3, 0.4) is 0 Å². The van der Waals surface area contributed by atoms with Crippen LogP contribution in [0, 0.1) is 17.1 Å². The zero-order chi connectivity index (χ0) is 26.2. The first kappa shape index (κ1) is 25.8. The van der Waals surface area contributed by atoms with Gasteiger partial charge in [-0.2, -0.15) is 5.26 Å². The number of piperazine rings is 1. The van der Waals surface area contributed by atoms with Crippen molar-refractivity contribution in [2.45, 2.75) is 19.4 Å². The average Bonchev–Trinajstić information content (AvgIpc) is 2.91. The van der Waals surface area contributed by atoms with Crippen LogP contribution in [-0.4, -0.2) is 60.5 Å². The largest absolute Gasteiger partial charge is 0.369 e. The Kier molecular flexibility index (Phi) is 8.44. The standard InChI is InChI=1S/C28H29FN6O2/c1-19(36)35-14-13-31-17-23(35)18-33-28(37)25-9-10-26(24-8-3-2-6-21(24)16-30)34-27(25)32-12-11-20-5-4-7-22(29)15-20/h2-10,15,23,31H,11-14,17-18H2,1H3,(H,32,34)(H,33,37)/t23-/m1/s1. The molecule has 4 rings (SSSR count). The summed E-state index contributed by atoms with van der Waals surface area (Å²) in [6, 6.07) is 18.9. The van der Waals surface area contributed by atoms with Crippen molar-refractivity contribution >= 4 is 17.6 Å². The summed E-state index contributed by atoms with van der Waals surface area (Å²) >= 11 is 0. The summed E-state index contributed by atoms with van der Waals surface area (Å²) in [6.07, 6.45) is 0.529. The molecule has 2 amide bonds. The second-order valence-corrected chi connectivity index (χ2v) is 8.84. The molecule has 1 fully saturated rings. The molecule has 190 valence electrons. The van der Waals surface area contributed by atoms with Crippen molar-refractivity contribution in [2.24, 2.45) is 0 Å². The van der Waals surface area contributed by atoms with Gasteiger partial charge in [-0.15, -0.1) is 0 Å². The number of anilines is 1. The molecule has 0 radical (unpaired) electrons. The molecule has 37 heavy (non-hydrogen) atoms. The fraction of sp³-hybridized carbons (Fsp3) is 0.286. The van der Waals surface area contributed by atoms with E-state index in [0.29, 0.717) is 60.8 Å². The number of halogens is 1. The minimum Gasteiger partial charge on any atom is -0.369 e. The molecule has 1 aliphatic heterocycles. The van der Waals surface area contributed by atoms with Crippen LogP contribution < -0.4 is 16.0 Å². The molecule has 8 nitrogen and oxygen atoms in total. The Bertz CT molecular complexity index is 1320. The van der Waals surface area contributed by atoms with Gasteiger partial charge in [0, 0.05) is 45.2 Å². The van der Waals surface area contributed by atoms with Crippen LogP contribution in [0.2, 0.25) is 0 Å². The Hall–Kier alpha value is -4.29. The Balaban J connectivity index is 1.55. The third kappa shape index (κ3) is 6.48. The minimum atomic E-state index is -0.324. The lowest BCUT2D eigenvalue weighted by atomic mass is 10.0. The summed E-state index contributed by atoms with van der Waals surface area (Å²) in [7, 11) is 0. The number of rotatable bonds is 8. The highest BCUT2D eigenvalue weighted by molar-refractivity contribution is 5.99. The van der Waals surface area contributed by atoms with Gasteiger partial charge in [-0.1, -0.05) is 30.3 Å². The first-order chi connectivity index (χ1) is 18.0. The van der Waals surface area contributed by atoms with Gasteiger partial charge in [0.2, 0.25) is 5.91 Å². The third-order valence-electron chi connectivity index (χ3n) is 6.31. The molecule has 2 aromatic carbocycles. The van der Waals surface area contributed by atoms with Crippen LogP contribution in [0.15, 0.2) is 60.7 Å². The molecule has 1 saturated heterocycles. The minimum absolute atomic E-state index is 0.0253. The number of nitrogens with one attached hydrogen (secondary N) is 3. The summed E-state index contributed by atoms with van der Waals surface area (Å²) in [6.45, 7) is 4.16. The van der Waals surface area contributed by atoms with Crippen LogP contribution in [0.25, 0.3) is 11.3 Å². The fourth-order valence-electron chi connectivity index (χ4n) is 4.41. The summed E-state index contributed by atoms with van der Waals surface area (Å²) in [5.41, 5.74) is 2.86. The van der Waals surface area contributed by atoms with E-state index in [0.717, 1.165) is 12.1 Å². The van der Waals surface area contributed by atoms with Gasteiger partial charge in [-0.25, -0.2) is 9.37 Å². The number of benzene rings is 2. The Morgan fingerprint density at radius 2 is 2.03 bits per heavy atom. The van der Waals surface area contributed by atoms with Crippen molar-refractivity contribution < 1.29 is 14.0 Å². The quantitative estimate of drug-likeness (QED) is 0.439. The molecule has 0 aliphatic carbocycles. The van der Waals surface area contributed by atoms with Crippen molar-refractivity contribution in [3.8, 4) is 17.3 Å². The Labute approximate surface area is 215 Å². The summed E-state index contributed by atoms with van der Waals surface area (Å²) in [5, 5.41) is 18.9.